The van der Waals surface area contributed by atoms with Gasteiger partial charge < -0.3 is 10.0 Å². The Hall–Kier alpha value is -1.63. The van der Waals surface area contributed by atoms with Gasteiger partial charge in [-0.2, -0.15) is 0 Å². The molecule has 0 unspecified atom stereocenters. The molecule has 2 heterocycles. The number of sulfone groups is 1. The molecule has 0 amide bonds. The van der Waals surface area contributed by atoms with Crippen LogP contribution < -0.4 is 4.90 Å². The lowest BCUT2D eigenvalue weighted by atomic mass is 10.2. The fraction of sp³-hybridized carbons (Fsp3) is 0.455. The van der Waals surface area contributed by atoms with E-state index in [2.05, 4.69) is 4.98 Å². The highest BCUT2D eigenvalue weighted by atomic mass is 32.2. The van der Waals surface area contributed by atoms with Gasteiger partial charge in [-0.25, -0.2) is 13.4 Å². The predicted octanol–water partition coefficient (Wildman–Crippen LogP) is -0.0565. The summed E-state index contributed by atoms with van der Waals surface area (Å²) in [5.74, 6) is 0.0876. The SMILES string of the molecule is O=C(O)Cc1ccc(N2CCS(=O)(=O)CC2)nc1. The van der Waals surface area contributed by atoms with Crippen LogP contribution in [0.15, 0.2) is 18.3 Å². The molecule has 1 fully saturated rings. The number of aliphatic carboxylic acids is 1. The van der Waals surface area contributed by atoms with Gasteiger partial charge in [0.25, 0.3) is 0 Å². The second-order valence-electron chi connectivity index (χ2n) is 4.23. The first-order valence-corrected chi connectivity index (χ1v) is 7.40. The first-order valence-electron chi connectivity index (χ1n) is 5.58. The van der Waals surface area contributed by atoms with Crippen molar-refractivity contribution in [2.45, 2.75) is 6.42 Å². The van der Waals surface area contributed by atoms with E-state index < -0.39 is 15.8 Å². The molecule has 1 aromatic heterocycles. The van der Waals surface area contributed by atoms with Crippen LogP contribution in [0.3, 0.4) is 0 Å². The summed E-state index contributed by atoms with van der Waals surface area (Å²) >= 11 is 0. The maximum absolute atomic E-state index is 11.3. The van der Waals surface area contributed by atoms with Crippen molar-refractivity contribution >= 4 is 21.6 Å². The summed E-state index contributed by atoms with van der Waals surface area (Å²) in [6.07, 6.45) is 1.47. The second kappa shape index (κ2) is 4.93. The molecule has 98 valence electrons. The van der Waals surface area contributed by atoms with Gasteiger partial charge in [0.15, 0.2) is 9.84 Å². The van der Waals surface area contributed by atoms with Crippen LogP contribution in [-0.4, -0.2) is 49.1 Å². The molecule has 1 N–H and O–H groups in total. The highest BCUT2D eigenvalue weighted by Gasteiger charge is 2.22. The minimum atomic E-state index is -2.89. The molecule has 0 radical (unpaired) electrons. The fourth-order valence-corrected chi connectivity index (χ4v) is 3.03. The highest BCUT2D eigenvalue weighted by Crippen LogP contribution is 2.15. The molecule has 1 saturated heterocycles. The summed E-state index contributed by atoms with van der Waals surface area (Å²) in [5, 5.41) is 8.64. The normalized spacial score (nSPS) is 18.6. The topological polar surface area (TPSA) is 87.6 Å². The van der Waals surface area contributed by atoms with Crippen LogP contribution in [0.2, 0.25) is 0 Å². The molecule has 0 bridgehead atoms. The Morgan fingerprint density at radius 3 is 2.50 bits per heavy atom. The molecule has 18 heavy (non-hydrogen) atoms. The van der Waals surface area contributed by atoms with Gasteiger partial charge in [-0.15, -0.1) is 0 Å². The number of aromatic nitrogens is 1. The lowest BCUT2D eigenvalue weighted by Gasteiger charge is -2.27. The third kappa shape index (κ3) is 3.19. The monoisotopic (exact) mass is 270 g/mol. The van der Waals surface area contributed by atoms with E-state index in [0.717, 1.165) is 0 Å². The molecular formula is C11H14N2O4S. The Labute approximate surface area is 105 Å². The zero-order chi connectivity index (χ0) is 13.2. The van der Waals surface area contributed by atoms with E-state index in [1.807, 2.05) is 4.90 Å². The van der Waals surface area contributed by atoms with Crippen LogP contribution in [-0.2, 0) is 21.1 Å². The third-order valence-electron chi connectivity index (χ3n) is 2.83. The van der Waals surface area contributed by atoms with Crippen LogP contribution >= 0.6 is 0 Å². The molecule has 2 rings (SSSR count). The van der Waals surface area contributed by atoms with Crippen molar-refractivity contribution in [1.29, 1.82) is 0 Å². The number of hydrogen-bond acceptors (Lipinski definition) is 5. The number of carboxylic acid groups (broad SMARTS) is 1. The van der Waals surface area contributed by atoms with E-state index in [1.165, 1.54) is 6.20 Å². The Morgan fingerprint density at radius 1 is 1.33 bits per heavy atom. The predicted molar refractivity (Wildman–Crippen MR) is 66.4 cm³/mol. The average Bonchev–Trinajstić information content (AvgIpc) is 2.30. The van der Waals surface area contributed by atoms with E-state index in [4.69, 9.17) is 5.11 Å². The summed E-state index contributed by atoms with van der Waals surface area (Å²) in [6.45, 7) is 0.876. The van der Waals surface area contributed by atoms with Gasteiger partial charge in [0, 0.05) is 19.3 Å². The van der Waals surface area contributed by atoms with Crippen LogP contribution in [0.25, 0.3) is 0 Å². The van der Waals surface area contributed by atoms with Crippen molar-refractivity contribution in [3.05, 3.63) is 23.9 Å². The fourth-order valence-electron chi connectivity index (χ4n) is 1.82. The molecule has 0 saturated carbocycles. The molecule has 0 spiro atoms. The summed E-state index contributed by atoms with van der Waals surface area (Å²) in [5.41, 5.74) is 0.635. The van der Waals surface area contributed by atoms with Crippen molar-refractivity contribution < 1.29 is 18.3 Å². The first kappa shape index (κ1) is 12.8. The Kier molecular flexibility index (Phi) is 3.51. The van der Waals surface area contributed by atoms with Crippen molar-refractivity contribution in [3.8, 4) is 0 Å². The van der Waals surface area contributed by atoms with Gasteiger partial charge in [-0.1, -0.05) is 6.07 Å². The third-order valence-corrected chi connectivity index (χ3v) is 4.44. The minimum absolute atomic E-state index is 0.0539. The van der Waals surface area contributed by atoms with Crippen molar-refractivity contribution in [1.82, 2.24) is 4.98 Å². The minimum Gasteiger partial charge on any atom is -0.481 e. The zero-order valence-electron chi connectivity index (χ0n) is 9.74. The Morgan fingerprint density at radius 2 is 2.00 bits per heavy atom. The van der Waals surface area contributed by atoms with E-state index in [1.54, 1.807) is 12.1 Å². The standard InChI is InChI=1S/C11H14N2O4S/c14-11(15)7-9-1-2-10(12-8-9)13-3-5-18(16,17)6-4-13/h1-2,8H,3-7H2,(H,14,15). The Balaban J connectivity index is 2.04. The molecule has 0 atom stereocenters. The molecule has 0 aromatic carbocycles. The summed E-state index contributed by atoms with van der Waals surface area (Å²) in [4.78, 5) is 16.6. The molecule has 7 heteroatoms. The summed E-state index contributed by atoms with van der Waals surface area (Å²) < 4.78 is 22.6. The van der Waals surface area contributed by atoms with Gasteiger partial charge in [0.1, 0.15) is 5.82 Å². The number of pyridine rings is 1. The number of anilines is 1. The lowest BCUT2D eigenvalue weighted by molar-refractivity contribution is -0.136. The lowest BCUT2D eigenvalue weighted by Crippen LogP contribution is -2.40. The maximum Gasteiger partial charge on any atom is 0.307 e. The first-order chi connectivity index (χ1) is 8.46. The number of hydrogen-bond donors (Lipinski definition) is 1. The summed E-state index contributed by atoms with van der Waals surface area (Å²) in [7, 11) is -2.89. The van der Waals surface area contributed by atoms with Gasteiger partial charge in [-0.05, 0) is 11.6 Å². The Bertz CT molecular complexity index is 525. The van der Waals surface area contributed by atoms with Gasteiger partial charge in [0.2, 0.25) is 0 Å². The molecule has 6 nitrogen and oxygen atoms in total. The van der Waals surface area contributed by atoms with Crippen molar-refractivity contribution in [2.75, 3.05) is 29.5 Å². The molecule has 1 aliphatic heterocycles. The van der Waals surface area contributed by atoms with Gasteiger partial charge in [-0.3, -0.25) is 4.79 Å². The van der Waals surface area contributed by atoms with Crippen LogP contribution in [0.5, 0.6) is 0 Å². The summed E-state index contributed by atoms with van der Waals surface area (Å²) in [6, 6.07) is 3.44. The van der Waals surface area contributed by atoms with Gasteiger partial charge >= 0.3 is 5.97 Å². The van der Waals surface area contributed by atoms with Crippen molar-refractivity contribution in [2.24, 2.45) is 0 Å². The van der Waals surface area contributed by atoms with E-state index in [9.17, 15) is 13.2 Å². The average molecular weight is 270 g/mol. The maximum atomic E-state index is 11.3. The van der Waals surface area contributed by atoms with Crippen LogP contribution in [0.4, 0.5) is 5.82 Å². The number of carbonyl (C=O) groups is 1. The van der Waals surface area contributed by atoms with Crippen LogP contribution in [0.1, 0.15) is 5.56 Å². The van der Waals surface area contributed by atoms with Gasteiger partial charge in [0.05, 0.1) is 17.9 Å². The quantitative estimate of drug-likeness (QED) is 0.828. The smallest absolute Gasteiger partial charge is 0.307 e. The van der Waals surface area contributed by atoms with E-state index in [0.29, 0.717) is 24.5 Å². The number of nitrogens with zero attached hydrogens (tertiary/aromatic N) is 2. The largest absolute Gasteiger partial charge is 0.481 e. The number of carboxylic acids is 1. The zero-order valence-corrected chi connectivity index (χ0v) is 10.6. The molecule has 1 aromatic rings. The molecule has 0 aliphatic carbocycles. The van der Waals surface area contributed by atoms with Crippen molar-refractivity contribution in [3.63, 3.8) is 0 Å². The van der Waals surface area contributed by atoms with Crippen LogP contribution in [0, 0.1) is 0 Å². The number of rotatable bonds is 3. The molecular weight excluding hydrogens is 256 g/mol. The molecule has 1 aliphatic rings. The van der Waals surface area contributed by atoms with E-state index in [-0.39, 0.29) is 17.9 Å². The highest BCUT2D eigenvalue weighted by molar-refractivity contribution is 7.91. The van der Waals surface area contributed by atoms with E-state index >= 15 is 0 Å². The second-order valence-corrected chi connectivity index (χ2v) is 6.54.